The molecule has 1 saturated heterocycles. The quantitative estimate of drug-likeness (QED) is 0.307. The summed E-state index contributed by atoms with van der Waals surface area (Å²) < 4.78 is 55.5. The second kappa shape index (κ2) is 9.61. The predicted octanol–water partition coefficient (Wildman–Crippen LogP) is 7.79. The molecule has 3 rings (SSSR count). The van der Waals surface area contributed by atoms with Crippen LogP contribution in [0.25, 0.3) is 10.8 Å². The first-order valence-corrected chi connectivity index (χ1v) is 14.7. The first-order chi connectivity index (χ1) is 16.0. The molecule has 1 aliphatic heterocycles. The predicted molar refractivity (Wildman–Crippen MR) is 143 cm³/mol. The fourth-order valence-corrected chi connectivity index (χ4v) is 10.7. The Morgan fingerprint density at radius 1 is 0.857 bits per heavy atom. The van der Waals surface area contributed by atoms with Gasteiger partial charge in [-0.3, -0.25) is 0 Å². The molecule has 0 aliphatic carbocycles. The summed E-state index contributed by atoms with van der Waals surface area (Å²) in [6, 6.07) is 5.66. The number of hydrogen-bond donors (Lipinski definition) is 0. The smallest absolute Gasteiger partial charge is 0.399 e. The van der Waals surface area contributed by atoms with Gasteiger partial charge in [0.05, 0.1) is 16.8 Å². The van der Waals surface area contributed by atoms with Crippen LogP contribution in [-0.4, -0.2) is 26.4 Å². The Kier molecular flexibility index (Phi) is 7.64. The van der Waals surface area contributed by atoms with Crippen molar-refractivity contribution in [3.63, 3.8) is 0 Å². The molecule has 0 spiro atoms. The van der Waals surface area contributed by atoms with Crippen molar-refractivity contribution in [2.24, 2.45) is 0 Å². The van der Waals surface area contributed by atoms with E-state index >= 15 is 4.39 Å². The molecule has 0 radical (unpaired) electrons. The van der Waals surface area contributed by atoms with Crippen LogP contribution in [0.1, 0.15) is 86.8 Å². The lowest BCUT2D eigenvalue weighted by molar-refractivity contribution is 0.00578. The van der Waals surface area contributed by atoms with Gasteiger partial charge in [-0.1, -0.05) is 59.6 Å². The molecule has 1 aliphatic rings. The lowest BCUT2D eigenvalue weighted by Gasteiger charge is -2.38. The van der Waals surface area contributed by atoms with Gasteiger partial charge in [0.15, 0.2) is 0 Å². The zero-order valence-corrected chi connectivity index (χ0v) is 23.6. The SMILES string of the molecule is CC(C)[Si](C#Cc1c(F)ccc2cc(C(F)F)cc(B3OC(C)(C)C(C)(C)O3)c12)(C(C)C)C(C)C. The number of fused-ring (bicyclic) bond motifs is 1. The van der Waals surface area contributed by atoms with E-state index < -0.39 is 38.6 Å². The molecule has 0 bridgehead atoms. The molecular weight excluding hydrogens is 464 g/mol. The van der Waals surface area contributed by atoms with Gasteiger partial charge in [0.25, 0.3) is 6.43 Å². The summed E-state index contributed by atoms with van der Waals surface area (Å²) in [4.78, 5) is 0. The van der Waals surface area contributed by atoms with E-state index in [-0.39, 0.29) is 11.1 Å². The van der Waals surface area contributed by atoms with Crippen molar-refractivity contribution in [3.05, 3.63) is 41.2 Å². The molecule has 2 nitrogen and oxygen atoms in total. The molecule has 0 saturated carbocycles. The minimum Gasteiger partial charge on any atom is -0.399 e. The van der Waals surface area contributed by atoms with Crippen LogP contribution in [0.5, 0.6) is 0 Å². The summed E-state index contributed by atoms with van der Waals surface area (Å²) >= 11 is 0. The van der Waals surface area contributed by atoms with Crippen molar-refractivity contribution in [1.29, 1.82) is 0 Å². The van der Waals surface area contributed by atoms with Crippen LogP contribution >= 0.6 is 0 Å². The van der Waals surface area contributed by atoms with E-state index in [2.05, 4.69) is 53.0 Å². The molecule has 2 aromatic carbocycles. The largest absolute Gasteiger partial charge is 0.495 e. The number of halogens is 3. The normalized spacial score (nSPS) is 17.7. The molecular formula is C28H38BF3O2Si. The highest BCUT2D eigenvalue weighted by molar-refractivity contribution is 6.90. The first-order valence-electron chi connectivity index (χ1n) is 12.5. The lowest BCUT2D eigenvalue weighted by Crippen LogP contribution is -2.43. The third-order valence-electron chi connectivity index (χ3n) is 8.15. The summed E-state index contributed by atoms with van der Waals surface area (Å²) in [7, 11) is -3.07. The van der Waals surface area contributed by atoms with Crippen molar-refractivity contribution < 1.29 is 22.5 Å². The molecule has 0 atom stereocenters. The summed E-state index contributed by atoms with van der Waals surface area (Å²) in [6.07, 6.45) is -2.68. The third-order valence-corrected chi connectivity index (χ3v) is 14.4. The Hall–Kier alpha value is -1.75. The van der Waals surface area contributed by atoms with Crippen LogP contribution in [-0.2, 0) is 9.31 Å². The summed E-state index contributed by atoms with van der Waals surface area (Å²) in [6.45, 7) is 20.8. The van der Waals surface area contributed by atoms with Gasteiger partial charge in [-0.25, -0.2) is 13.2 Å². The van der Waals surface area contributed by atoms with Gasteiger partial charge in [-0.2, -0.15) is 0 Å². The van der Waals surface area contributed by atoms with Gasteiger partial charge in [0.1, 0.15) is 13.9 Å². The molecule has 1 fully saturated rings. The molecule has 1 heterocycles. The minimum absolute atomic E-state index is 0.150. The Morgan fingerprint density at radius 3 is 1.83 bits per heavy atom. The Balaban J connectivity index is 2.35. The number of benzene rings is 2. The maximum absolute atomic E-state index is 15.4. The van der Waals surface area contributed by atoms with E-state index in [9.17, 15) is 8.78 Å². The van der Waals surface area contributed by atoms with Crippen molar-refractivity contribution in [2.75, 3.05) is 0 Å². The van der Waals surface area contributed by atoms with Gasteiger partial charge in [0, 0.05) is 10.9 Å². The maximum Gasteiger partial charge on any atom is 0.495 e. The highest BCUT2D eigenvalue weighted by atomic mass is 28.3. The van der Waals surface area contributed by atoms with Gasteiger partial charge in [0.2, 0.25) is 0 Å². The van der Waals surface area contributed by atoms with Crippen LogP contribution in [0.2, 0.25) is 16.6 Å². The van der Waals surface area contributed by atoms with E-state index in [1.165, 1.54) is 24.3 Å². The molecule has 0 amide bonds. The zero-order chi connectivity index (χ0) is 26.5. The van der Waals surface area contributed by atoms with Gasteiger partial charge >= 0.3 is 7.12 Å². The fourth-order valence-electron chi connectivity index (χ4n) is 5.51. The van der Waals surface area contributed by atoms with E-state index in [1.54, 1.807) is 0 Å². The number of rotatable bonds is 5. The van der Waals surface area contributed by atoms with Crippen LogP contribution in [0.4, 0.5) is 13.2 Å². The fraction of sp³-hybridized carbons (Fsp3) is 0.571. The molecule has 35 heavy (non-hydrogen) atoms. The molecule has 190 valence electrons. The molecule has 7 heteroatoms. The monoisotopic (exact) mass is 502 g/mol. The van der Waals surface area contributed by atoms with Crippen LogP contribution < -0.4 is 5.46 Å². The minimum atomic E-state index is -2.68. The maximum atomic E-state index is 15.4. The summed E-state index contributed by atoms with van der Waals surface area (Å²) in [5.41, 5.74) is 3.85. The highest BCUT2D eigenvalue weighted by Gasteiger charge is 2.52. The number of alkyl halides is 2. The van der Waals surface area contributed by atoms with E-state index in [0.29, 0.717) is 32.9 Å². The van der Waals surface area contributed by atoms with E-state index in [1.807, 2.05) is 27.7 Å². The second-order valence-corrected chi connectivity index (χ2v) is 17.2. The highest BCUT2D eigenvalue weighted by Crippen LogP contribution is 2.41. The van der Waals surface area contributed by atoms with Crippen LogP contribution in [0.3, 0.4) is 0 Å². The molecule has 0 unspecified atom stereocenters. The number of hydrogen-bond acceptors (Lipinski definition) is 2. The van der Waals surface area contributed by atoms with Gasteiger partial charge in [-0.15, -0.1) is 5.54 Å². The van der Waals surface area contributed by atoms with Crippen molar-refractivity contribution in [2.45, 2.75) is 103 Å². The van der Waals surface area contributed by atoms with Crippen molar-refractivity contribution >= 4 is 31.4 Å². The summed E-state index contributed by atoms with van der Waals surface area (Å²) in [5.74, 6) is 2.77. The molecule has 2 aromatic rings. The Bertz CT molecular complexity index is 1120. The standard InChI is InChI=1S/C28H38BF3O2Si/c1-17(2)35(18(3)4,19(5)6)14-13-22-24(30)12-11-20-15-21(26(31)32)16-23(25(20)22)29-33-27(7,8)28(9,10)34-29/h11-12,15-19,26H,1-10H3. The topological polar surface area (TPSA) is 18.5 Å². The van der Waals surface area contributed by atoms with Gasteiger partial charge in [-0.05, 0) is 67.3 Å². The average molecular weight is 503 g/mol. The van der Waals surface area contributed by atoms with Crippen LogP contribution in [0, 0.1) is 17.3 Å². The summed E-state index contributed by atoms with van der Waals surface area (Å²) in [5, 5.41) is 0.990. The van der Waals surface area contributed by atoms with Crippen molar-refractivity contribution in [3.8, 4) is 11.5 Å². The third kappa shape index (κ3) is 4.82. The molecule has 0 N–H and O–H groups in total. The molecule has 0 aromatic heterocycles. The average Bonchev–Trinajstić information content (AvgIpc) is 2.95. The van der Waals surface area contributed by atoms with Crippen LogP contribution in [0.15, 0.2) is 24.3 Å². The van der Waals surface area contributed by atoms with E-state index in [0.717, 1.165) is 0 Å². The zero-order valence-electron chi connectivity index (χ0n) is 22.6. The second-order valence-electron chi connectivity index (χ2n) is 11.7. The Labute approximate surface area is 210 Å². The Morgan fingerprint density at radius 2 is 1.37 bits per heavy atom. The van der Waals surface area contributed by atoms with Crippen molar-refractivity contribution in [1.82, 2.24) is 0 Å². The lowest BCUT2D eigenvalue weighted by atomic mass is 9.74. The van der Waals surface area contributed by atoms with E-state index in [4.69, 9.17) is 9.31 Å². The first kappa shape index (κ1) is 27.8. The van der Waals surface area contributed by atoms with Gasteiger partial charge < -0.3 is 9.31 Å².